The summed E-state index contributed by atoms with van der Waals surface area (Å²) in [7, 11) is 0. The molecule has 0 spiro atoms. The van der Waals surface area contributed by atoms with Gasteiger partial charge in [-0.25, -0.2) is 9.97 Å². The van der Waals surface area contributed by atoms with E-state index >= 15 is 0 Å². The second kappa shape index (κ2) is 9.80. The predicted octanol–water partition coefficient (Wildman–Crippen LogP) is 4.61. The highest BCUT2D eigenvalue weighted by Crippen LogP contribution is 2.28. The molecule has 1 aliphatic heterocycles. The van der Waals surface area contributed by atoms with Crippen LogP contribution in [-0.4, -0.2) is 47.0 Å². The Balaban J connectivity index is 1.52. The number of carbonyl (C=O) groups is 1. The molecule has 0 radical (unpaired) electrons. The van der Waals surface area contributed by atoms with Gasteiger partial charge >= 0.3 is 0 Å². The summed E-state index contributed by atoms with van der Waals surface area (Å²) < 4.78 is 0. The van der Waals surface area contributed by atoms with Crippen LogP contribution in [0.5, 0.6) is 0 Å². The lowest BCUT2D eigenvalue weighted by Crippen LogP contribution is -2.39. The lowest BCUT2D eigenvalue weighted by Gasteiger charge is -2.29. The number of rotatable bonds is 4. The van der Waals surface area contributed by atoms with Crippen molar-refractivity contribution < 1.29 is 4.79 Å². The summed E-state index contributed by atoms with van der Waals surface area (Å²) in [5.41, 5.74) is 4.83. The molecule has 31 heavy (non-hydrogen) atoms. The number of nitrogens with zero attached hydrogens (tertiary/aromatic N) is 4. The fourth-order valence-corrected chi connectivity index (χ4v) is 5.05. The lowest BCUT2D eigenvalue weighted by atomic mass is 9.88. The van der Waals surface area contributed by atoms with Gasteiger partial charge in [-0.2, -0.15) is 0 Å². The third-order valence-electron chi connectivity index (χ3n) is 6.87. The molecule has 166 valence electrons. The molecular weight excluding hydrogens is 384 g/mol. The molecule has 0 bridgehead atoms. The number of anilines is 1. The van der Waals surface area contributed by atoms with E-state index in [0.717, 1.165) is 69.2 Å². The largest absolute Gasteiger partial charge is 0.354 e. The SMILES string of the molecule is Cc1ccc(Cc2c(C)nc(C)nc2N2CCCN(C(=O)C3CCCCC3)CC2)cc1. The third-order valence-corrected chi connectivity index (χ3v) is 6.87. The Morgan fingerprint density at radius 1 is 0.903 bits per heavy atom. The molecule has 2 heterocycles. The van der Waals surface area contributed by atoms with Crippen LogP contribution in [0.25, 0.3) is 0 Å². The number of hydrogen-bond donors (Lipinski definition) is 0. The van der Waals surface area contributed by atoms with Crippen LogP contribution in [0.4, 0.5) is 5.82 Å². The molecule has 1 aliphatic carbocycles. The smallest absolute Gasteiger partial charge is 0.225 e. The summed E-state index contributed by atoms with van der Waals surface area (Å²) in [5.74, 6) is 2.51. The Morgan fingerprint density at radius 2 is 1.65 bits per heavy atom. The Bertz CT molecular complexity index is 902. The number of carbonyl (C=O) groups excluding carboxylic acids is 1. The minimum absolute atomic E-state index is 0.251. The molecule has 0 atom stereocenters. The molecule has 1 aromatic carbocycles. The van der Waals surface area contributed by atoms with Gasteiger partial charge in [-0.05, 0) is 45.6 Å². The first kappa shape index (κ1) is 21.8. The molecule has 4 rings (SSSR count). The maximum atomic E-state index is 13.1. The molecule has 0 unspecified atom stereocenters. The van der Waals surface area contributed by atoms with E-state index in [1.54, 1.807) is 0 Å². The number of amides is 1. The molecular formula is C26H36N4O. The number of benzene rings is 1. The van der Waals surface area contributed by atoms with Crippen molar-refractivity contribution in [2.45, 2.75) is 65.7 Å². The van der Waals surface area contributed by atoms with Crippen molar-refractivity contribution in [1.82, 2.24) is 14.9 Å². The summed E-state index contributed by atoms with van der Waals surface area (Å²) >= 11 is 0. The first-order valence-corrected chi connectivity index (χ1v) is 11.9. The normalized spacial score (nSPS) is 18.2. The van der Waals surface area contributed by atoms with Crippen molar-refractivity contribution in [3.8, 4) is 0 Å². The maximum Gasteiger partial charge on any atom is 0.225 e. The maximum absolute atomic E-state index is 13.1. The number of aryl methyl sites for hydroxylation is 3. The van der Waals surface area contributed by atoms with Gasteiger partial charge in [0.15, 0.2) is 0 Å². The molecule has 2 fully saturated rings. The van der Waals surface area contributed by atoms with Gasteiger partial charge in [0.2, 0.25) is 5.91 Å². The molecule has 1 saturated carbocycles. The van der Waals surface area contributed by atoms with Gasteiger partial charge in [-0.1, -0.05) is 49.1 Å². The van der Waals surface area contributed by atoms with Crippen LogP contribution >= 0.6 is 0 Å². The monoisotopic (exact) mass is 420 g/mol. The highest BCUT2D eigenvalue weighted by Gasteiger charge is 2.28. The van der Waals surface area contributed by atoms with E-state index in [1.807, 2.05) is 6.92 Å². The highest BCUT2D eigenvalue weighted by molar-refractivity contribution is 5.79. The first-order chi connectivity index (χ1) is 15.0. The Hall–Kier alpha value is -2.43. The van der Waals surface area contributed by atoms with Crippen molar-refractivity contribution in [2.75, 3.05) is 31.1 Å². The van der Waals surface area contributed by atoms with Crippen LogP contribution in [0, 0.1) is 26.7 Å². The number of aromatic nitrogens is 2. The van der Waals surface area contributed by atoms with E-state index in [9.17, 15) is 4.79 Å². The lowest BCUT2D eigenvalue weighted by molar-refractivity contribution is -0.136. The van der Waals surface area contributed by atoms with Crippen LogP contribution in [0.2, 0.25) is 0 Å². The molecule has 5 heteroatoms. The van der Waals surface area contributed by atoms with Gasteiger partial charge in [0.25, 0.3) is 0 Å². The van der Waals surface area contributed by atoms with Crippen LogP contribution < -0.4 is 4.90 Å². The van der Waals surface area contributed by atoms with Crippen molar-refractivity contribution in [2.24, 2.45) is 5.92 Å². The van der Waals surface area contributed by atoms with E-state index in [-0.39, 0.29) is 5.92 Å². The molecule has 1 amide bonds. The van der Waals surface area contributed by atoms with Crippen LogP contribution in [0.3, 0.4) is 0 Å². The van der Waals surface area contributed by atoms with Gasteiger partial charge in [-0.15, -0.1) is 0 Å². The molecule has 5 nitrogen and oxygen atoms in total. The van der Waals surface area contributed by atoms with Gasteiger partial charge in [0.1, 0.15) is 11.6 Å². The molecule has 2 aliphatic rings. The van der Waals surface area contributed by atoms with Gasteiger partial charge in [0.05, 0.1) is 0 Å². The van der Waals surface area contributed by atoms with Crippen molar-refractivity contribution >= 4 is 11.7 Å². The second-order valence-corrected chi connectivity index (χ2v) is 9.32. The molecule has 0 N–H and O–H groups in total. The zero-order chi connectivity index (χ0) is 21.8. The zero-order valence-corrected chi connectivity index (χ0v) is 19.4. The van der Waals surface area contributed by atoms with Gasteiger partial charge in [0, 0.05) is 49.8 Å². The van der Waals surface area contributed by atoms with E-state index in [0.29, 0.717) is 5.91 Å². The standard InChI is InChI=1S/C26H36N4O/c1-19-10-12-22(13-11-19)18-24-20(2)27-21(3)28-25(24)29-14-7-15-30(17-16-29)26(31)23-8-5-4-6-9-23/h10-13,23H,4-9,14-18H2,1-3H3. The minimum atomic E-state index is 0.251. The fraction of sp³-hybridized carbons (Fsp3) is 0.577. The predicted molar refractivity (Wildman–Crippen MR) is 125 cm³/mol. The number of hydrogen-bond acceptors (Lipinski definition) is 4. The molecule has 1 saturated heterocycles. The highest BCUT2D eigenvalue weighted by atomic mass is 16.2. The van der Waals surface area contributed by atoms with Gasteiger partial charge < -0.3 is 9.80 Å². The van der Waals surface area contributed by atoms with Crippen LogP contribution in [-0.2, 0) is 11.2 Å². The topological polar surface area (TPSA) is 49.3 Å². The first-order valence-electron chi connectivity index (χ1n) is 11.9. The van der Waals surface area contributed by atoms with Crippen LogP contribution in [0.1, 0.15) is 66.7 Å². The molecule has 1 aromatic heterocycles. The van der Waals surface area contributed by atoms with Crippen molar-refractivity contribution in [3.63, 3.8) is 0 Å². The van der Waals surface area contributed by atoms with Crippen LogP contribution in [0.15, 0.2) is 24.3 Å². The van der Waals surface area contributed by atoms with E-state index in [4.69, 9.17) is 4.98 Å². The van der Waals surface area contributed by atoms with Crippen molar-refractivity contribution in [3.05, 3.63) is 52.5 Å². The van der Waals surface area contributed by atoms with Gasteiger partial charge in [-0.3, -0.25) is 4.79 Å². The Labute approximate surface area is 186 Å². The summed E-state index contributed by atoms with van der Waals surface area (Å²) in [4.78, 5) is 27.1. The van der Waals surface area contributed by atoms with E-state index in [1.165, 1.54) is 36.0 Å². The average molecular weight is 421 g/mol. The quantitative estimate of drug-likeness (QED) is 0.725. The summed E-state index contributed by atoms with van der Waals surface area (Å²) in [6.45, 7) is 9.62. The molecule has 2 aromatic rings. The summed E-state index contributed by atoms with van der Waals surface area (Å²) in [6, 6.07) is 8.73. The fourth-order valence-electron chi connectivity index (χ4n) is 5.05. The van der Waals surface area contributed by atoms with E-state index < -0.39 is 0 Å². The van der Waals surface area contributed by atoms with E-state index in [2.05, 4.69) is 52.9 Å². The summed E-state index contributed by atoms with van der Waals surface area (Å²) in [5, 5.41) is 0. The minimum Gasteiger partial charge on any atom is -0.354 e. The average Bonchev–Trinajstić information content (AvgIpc) is 3.03. The zero-order valence-electron chi connectivity index (χ0n) is 19.4. The Morgan fingerprint density at radius 3 is 2.39 bits per heavy atom. The van der Waals surface area contributed by atoms with Crippen molar-refractivity contribution in [1.29, 1.82) is 0 Å². The Kier molecular flexibility index (Phi) is 6.89. The second-order valence-electron chi connectivity index (χ2n) is 9.32. The summed E-state index contributed by atoms with van der Waals surface area (Å²) in [6.07, 6.45) is 7.67. The third kappa shape index (κ3) is 5.25.